The van der Waals surface area contributed by atoms with Gasteiger partial charge in [0, 0.05) is 25.7 Å². The minimum Gasteiger partial charge on any atom is -0.408 e. The van der Waals surface area contributed by atoms with Crippen molar-refractivity contribution in [1.82, 2.24) is 14.6 Å². The Bertz CT molecular complexity index is 1220. The van der Waals surface area contributed by atoms with Crippen molar-refractivity contribution >= 4 is 27.0 Å². The summed E-state index contributed by atoms with van der Waals surface area (Å²) in [5.74, 6) is -1.12. The molecule has 1 saturated heterocycles. The number of hydrogen-bond acceptors (Lipinski definition) is 5. The van der Waals surface area contributed by atoms with E-state index in [2.05, 4.69) is 22.4 Å². The quantitative estimate of drug-likeness (QED) is 0.544. The van der Waals surface area contributed by atoms with Crippen LogP contribution in [0, 0.1) is 5.92 Å². The first-order valence-electron chi connectivity index (χ1n) is 10.4. The van der Waals surface area contributed by atoms with Crippen LogP contribution in [0.25, 0.3) is 11.1 Å². The van der Waals surface area contributed by atoms with Gasteiger partial charge in [-0.15, -0.1) is 0 Å². The number of nitrogens with one attached hydrogen (secondary N) is 2. The lowest BCUT2D eigenvalue weighted by molar-refractivity contribution is -0.126. The van der Waals surface area contributed by atoms with Crippen LogP contribution in [-0.4, -0.2) is 43.2 Å². The molecule has 9 heteroatoms. The van der Waals surface area contributed by atoms with E-state index < -0.39 is 15.8 Å². The zero-order chi connectivity index (χ0) is 21.8. The molecule has 0 saturated carbocycles. The van der Waals surface area contributed by atoms with Crippen LogP contribution in [-0.2, 0) is 21.2 Å². The molecule has 0 bridgehead atoms. The second kappa shape index (κ2) is 9.07. The van der Waals surface area contributed by atoms with Crippen molar-refractivity contribution in [1.29, 1.82) is 0 Å². The first-order chi connectivity index (χ1) is 14.9. The predicted molar refractivity (Wildman–Crippen MR) is 116 cm³/mol. The number of amides is 1. The Morgan fingerprint density at radius 1 is 1.19 bits per heavy atom. The summed E-state index contributed by atoms with van der Waals surface area (Å²) < 4.78 is 32.5. The van der Waals surface area contributed by atoms with Gasteiger partial charge in [-0.25, -0.2) is 13.2 Å². The molecule has 2 aromatic carbocycles. The number of rotatable bonds is 7. The van der Waals surface area contributed by atoms with Crippen LogP contribution < -0.4 is 11.1 Å². The van der Waals surface area contributed by atoms with Crippen molar-refractivity contribution in [3.63, 3.8) is 0 Å². The van der Waals surface area contributed by atoms with Gasteiger partial charge in [-0.2, -0.15) is 4.31 Å². The van der Waals surface area contributed by atoms with Crippen molar-refractivity contribution in [3.8, 4) is 0 Å². The smallest absolute Gasteiger partial charge is 0.408 e. The van der Waals surface area contributed by atoms with Crippen molar-refractivity contribution in [2.75, 3.05) is 19.6 Å². The Kier molecular flexibility index (Phi) is 6.24. The Morgan fingerprint density at radius 2 is 2.00 bits per heavy atom. The average molecular weight is 444 g/mol. The second-order valence-electron chi connectivity index (χ2n) is 7.75. The number of aryl methyl sites for hydroxylation is 1. The molecular weight excluding hydrogens is 418 g/mol. The van der Waals surface area contributed by atoms with Crippen molar-refractivity contribution in [3.05, 3.63) is 64.6 Å². The number of fused-ring (bicyclic) bond motifs is 1. The third kappa shape index (κ3) is 4.88. The number of carbonyl (C=O) groups is 1. The van der Waals surface area contributed by atoms with E-state index in [9.17, 15) is 18.0 Å². The molecule has 8 nitrogen and oxygen atoms in total. The fourth-order valence-corrected chi connectivity index (χ4v) is 5.44. The van der Waals surface area contributed by atoms with Gasteiger partial charge in [0.25, 0.3) is 0 Å². The number of H-pyrrole nitrogens is 1. The van der Waals surface area contributed by atoms with Gasteiger partial charge >= 0.3 is 5.76 Å². The van der Waals surface area contributed by atoms with E-state index in [4.69, 9.17) is 4.42 Å². The summed E-state index contributed by atoms with van der Waals surface area (Å²) in [6, 6.07) is 14.4. The first-order valence-corrected chi connectivity index (χ1v) is 11.8. The lowest BCUT2D eigenvalue weighted by atomic mass is 9.99. The summed E-state index contributed by atoms with van der Waals surface area (Å²) in [4.78, 5) is 26.5. The van der Waals surface area contributed by atoms with E-state index in [0.29, 0.717) is 31.4 Å². The van der Waals surface area contributed by atoms with Crippen LogP contribution in [0.2, 0.25) is 0 Å². The fraction of sp³-hybridized carbons (Fsp3) is 0.364. The molecule has 0 aliphatic carbocycles. The predicted octanol–water partition coefficient (Wildman–Crippen LogP) is 2.27. The van der Waals surface area contributed by atoms with E-state index >= 15 is 0 Å². The topological polar surface area (TPSA) is 112 Å². The van der Waals surface area contributed by atoms with E-state index in [1.165, 1.54) is 28.1 Å². The fourth-order valence-electron chi connectivity index (χ4n) is 3.90. The van der Waals surface area contributed by atoms with E-state index in [0.717, 1.165) is 12.8 Å². The number of benzene rings is 2. The molecule has 164 valence electrons. The highest BCUT2D eigenvalue weighted by Crippen LogP contribution is 2.25. The van der Waals surface area contributed by atoms with Crippen LogP contribution >= 0.6 is 0 Å². The Balaban J connectivity index is 1.36. The minimum atomic E-state index is -3.79. The maximum absolute atomic E-state index is 13.1. The molecule has 1 amide bonds. The molecule has 31 heavy (non-hydrogen) atoms. The van der Waals surface area contributed by atoms with Gasteiger partial charge in [-0.3, -0.25) is 9.78 Å². The minimum absolute atomic E-state index is 0.0478. The lowest BCUT2D eigenvalue weighted by Crippen LogP contribution is -2.45. The Hall–Kier alpha value is -2.91. The number of piperidine rings is 1. The van der Waals surface area contributed by atoms with E-state index in [1.807, 2.05) is 18.2 Å². The summed E-state index contributed by atoms with van der Waals surface area (Å²) in [5, 5.41) is 2.95. The summed E-state index contributed by atoms with van der Waals surface area (Å²) in [7, 11) is -3.79. The van der Waals surface area contributed by atoms with Crippen LogP contribution in [0.4, 0.5) is 0 Å². The molecule has 3 aromatic rings. The highest BCUT2D eigenvalue weighted by atomic mass is 32.2. The average Bonchev–Trinajstić information content (AvgIpc) is 3.16. The molecule has 1 aliphatic heterocycles. The molecular formula is C22H25N3O5S. The monoisotopic (exact) mass is 443 g/mol. The van der Waals surface area contributed by atoms with Crippen LogP contribution in [0.5, 0.6) is 0 Å². The largest absolute Gasteiger partial charge is 0.417 e. The van der Waals surface area contributed by atoms with Crippen molar-refractivity contribution < 1.29 is 17.6 Å². The molecule has 0 spiro atoms. The number of oxazole rings is 1. The van der Waals surface area contributed by atoms with Gasteiger partial charge in [0.05, 0.1) is 16.3 Å². The van der Waals surface area contributed by atoms with Gasteiger partial charge in [0.15, 0.2) is 5.58 Å². The second-order valence-corrected chi connectivity index (χ2v) is 9.69. The molecule has 0 radical (unpaired) electrons. The summed E-state index contributed by atoms with van der Waals surface area (Å²) in [5.41, 5.74) is 1.85. The molecule has 4 rings (SSSR count). The van der Waals surface area contributed by atoms with Gasteiger partial charge < -0.3 is 9.73 Å². The molecule has 1 atom stereocenters. The van der Waals surface area contributed by atoms with Crippen LogP contribution in [0.15, 0.2) is 62.6 Å². The van der Waals surface area contributed by atoms with E-state index in [-0.39, 0.29) is 28.8 Å². The summed E-state index contributed by atoms with van der Waals surface area (Å²) in [6.45, 7) is 1.05. The summed E-state index contributed by atoms with van der Waals surface area (Å²) >= 11 is 0. The molecule has 1 aliphatic rings. The molecule has 1 aromatic heterocycles. The number of nitrogens with zero attached hydrogens (tertiary/aromatic N) is 1. The molecule has 0 unspecified atom stereocenters. The number of carbonyl (C=O) groups excluding carboxylic acids is 1. The van der Waals surface area contributed by atoms with Gasteiger partial charge in [-0.1, -0.05) is 30.3 Å². The number of aromatic nitrogens is 1. The SMILES string of the molecule is O=C(NCCCc1ccccc1)[C@H]1CCCN(S(=O)(=O)c2ccc3[nH]c(=O)oc3c2)C1. The standard InChI is InChI=1S/C22H25N3O5S/c26-21(23-12-4-8-16-6-2-1-3-7-16)17-9-5-13-25(15-17)31(28,29)18-10-11-19-20(14-18)30-22(27)24-19/h1-3,6-7,10-11,14,17H,4-5,8-9,12-13,15H2,(H,23,26)(H,24,27)/t17-/m0/s1. The first kappa shape index (κ1) is 21.3. The number of sulfonamides is 1. The number of aromatic amines is 1. The van der Waals surface area contributed by atoms with E-state index in [1.54, 1.807) is 0 Å². The highest BCUT2D eigenvalue weighted by Gasteiger charge is 2.33. The molecule has 1 fully saturated rings. The normalized spacial score (nSPS) is 17.6. The highest BCUT2D eigenvalue weighted by molar-refractivity contribution is 7.89. The third-order valence-electron chi connectivity index (χ3n) is 5.57. The van der Waals surface area contributed by atoms with Gasteiger partial charge in [0.2, 0.25) is 15.9 Å². The zero-order valence-electron chi connectivity index (χ0n) is 17.0. The van der Waals surface area contributed by atoms with Crippen molar-refractivity contribution in [2.24, 2.45) is 5.92 Å². The molecule has 2 heterocycles. The summed E-state index contributed by atoms with van der Waals surface area (Å²) in [6.07, 6.45) is 2.97. The Labute approximate surface area is 180 Å². The molecule has 2 N–H and O–H groups in total. The number of hydrogen-bond donors (Lipinski definition) is 2. The third-order valence-corrected chi connectivity index (χ3v) is 7.43. The van der Waals surface area contributed by atoms with Crippen LogP contribution in [0.1, 0.15) is 24.8 Å². The van der Waals surface area contributed by atoms with Crippen molar-refractivity contribution in [2.45, 2.75) is 30.6 Å². The van der Waals surface area contributed by atoms with Crippen LogP contribution in [0.3, 0.4) is 0 Å². The van der Waals surface area contributed by atoms with Gasteiger partial charge in [-0.05, 0) is 43.4 Å². The maximum Gasteiger partial charge on any atom is 0.417 e. The maximum atomic E-state index is 13.1. The Morgan fingerprint density at radius 3 is 2.81 bits per heavy atom. The lowest BCUT2D eigenvalue weighted by Gasteiger charge is -2.31. The van der Waals surface area contributed by atoms with Gasteiger partial charge in [0.1, 0.15) is 0 Å². The zero-order valence-corrected chi connectivity index (χ0v) is 17.9.